The number of carbonyl (C=O) groups excluding carboxylic acids is 1. The molecule has 6 unspecified atom stereocenters. The van der Waals surface area contributed by atoms with E-state index in [9.17, 15) is 26.7 Å². The summed E-state index contributed by atoms with van der Waals surface area (Å²) in [6.45, 7) is 0. The molecular formula is C16H13I3NO8S2-. The number of hydrogen-bond acceptors (Lipinski definition) is 8. The fourth-order valence-corrected chi connectivity index (χ4v) is 9.47. The van der Waals surface area contributed by atoms with Crippen LogP contribution < -0.4 is 5.11 Å². The molecule has 1 aromatic rings. The Morgan fingerprint density at radius 3 is 2.57 bits per heavy atom. The minimum atomic E-state index is -4.11. The maximum Gasteiger partial charge on any atom is 0.339 e. The van der Waals surface area contributed by atoms with Crippen molar-refractivity contribution >= 4 is 99.8 Å². The topological polar surface area (TPSA) is 139 Å². The Kier molecular flexibility index (Phi) is 6.16. The van der Waals surface area contributed by atoms with Crippen LogP contribution in [0.15, 0.2) is 16.5 Å². The predicted octanol–water partition coefficient (Wildman–Crippen LogP) is 1.11. The van der Waals surface area contributed by atoms with Gasteiger partial charge >= 0.3 is 5.97 Å². The van der Waals surface area contributed by atoms with E-state index in [0.29, 0.717) is 9.13 Å². The van der Waals surface area contributed by atoms with Gasteiger partial charge < -0.3 is 9.84 Å². The second-order valence-corrected chi connectivity index (χ2v) is 14.2. The van der Waals surface area contributed by atoms with Gasteiger partial charge in [0.25, 0.3) is 10.1 Å². The molecule has 14 heteroatoms. The molecule has 30 heavy (non-hydrogen) atoms. The van der Waals surface area contributed by atoms with Crippen molar-refractivity contribution in [2.75, 3.05) is 6.26 Å². The number of fused-ring (bicyclic) bond motifs is 1. The molecule has 1 heterocycles. The molecule has 3 fully saturated rings. The SMILES string of the molecule is CS(=O)(=O)/N=C(\[O-])C1C2CC3C(OS(=O)(=O)C31)C2OC(=O)c1cc(I)cc(I)c1I. The monoisotopic (exact) mass is 792 g/mol. The maximum absolute atomic E-state index is 12.9. The molecule has 2 aliphatic carbocycles. The molecule has 0 N–H and O–H groups in total. The average Bonchev–Trinajstić information content (AvgIpc) is 3.18. The highest BCUT2D eigenvalue weighted by molar-refractivity contribution is 14.1. The van der Waals surface area contributed by atoms with Crippen molar-refractivity contribution in [2.24, 2.45) is 22.2 Å². The van der Waals surface area contributed by atoms with Crippen molar-refractivity contribution < 1.29 is 35.7 Å². The zero-order valence-corrected chi connectivity index (χ0v) is 23.1. The van der Waals surface area contributed by atoms with E-state index in [2.05, 4.69) is 49.6 Å². The van der Waals surface area contributed by atoms with E-state index < -0.39 is 67.2 Å². The zero-order chi connectivity index (χ0) is 22.2. The van der Waals surface area contributed by atoms with Gasteiger partial charge in [0.15, 0.2) is 0 Å². The van der Waals surface area contributed by atoms with Crippen LogP contribution in [0.3, 0.4) is 0 Å². The molecule has 2 bridgehead atoms. The van der Waals surface area contributed by atoms with Crippen LogP contribution in [0.25, 0.3) is 0 Å². The van der Waals surface area contributed by atoms with Gasteiger partial charge in [-0.2, -0.15) is 12.8 Å². The van der Waals surface area contributed by atoms with Gasteiger partial charge in [0.1, 0.15) is 12.2 Å². The van der Waals surface area contributed by atoms with Crippen LogP contribution in [0.4, 0.5) is 0 Å². The fraction of sp³-hybridized carbons (Fsp3) is 0.500. The molecule has 0 radical (unpaired) electrons. The number of sulfonamides is 1. The van der Waals surface area contributed by atoms with Crippen molar-refractivity contribution in [3.63, 3.8) is 0 Å². The second kappa shape index (κ2) is 7.91. The number of carbonyl (C=O) groups is 1. The Hall–Kier alpha value is 0.210. The Labute approximate surface area is 214 Å². The zero-order valence-electron chi connectivity index (χ0n) is 15.0. The third kappa shape index (κ3) is 4.01. The Bertz CT molecular complexity index is 1180. The molecular weight excluding hydrogens is 779 g/mol. The summed E-state index contributed by atoms with van der Waals surface area (Å²) in [5.74, 6) is -4.13. The summed E-state index contributed by atoms with van der Waals surface area (Å²) in [5.41, 5.74) is 0.329. The number of ether oxygens (including phenoxy) is 1. The van der Waals surface area contributed by atoms with Gasteiger partial charge in [0.2, 0.25) is 10.0 Å². The Balaban J connectivity index is 1.69. The Morgan fingerprint density at radius 1 is 1.27 bits per heavy atom. The van der Waals surface area contributed by atoms with E-state index in [1.165, 1.54) is 0 Å². The van der Waals surface area contributed by atoms with Gasteiger partial charge in [0, 0.05) is 28.5 Å². The van der Waals surface area contributed by atoms with Crippen LogP contribution in [0.5, 0.6) is 0 Å². The first-order valence-corrected chi connectivity index (χ1v) is 15.1. The van der Waals surface area contributed by atoms with Crippen LogP contribution in [0.2, 0.25) is 0 Å². The summed E-state index contributed by atoms with van der Waals surface area (Å²) >= 11 is 6.21. The quantitative estimate of drug-likeness (QED) is 0.111. The standard InChI is InChI=1S/C16H14I3NO8S2/c1-29(23,24)20-15(21)10-6-4-8-13(28-30(25,26)14(8)10)12(6)27-16(22)7-2-5(17)3-9(18)11(7)19/h2-3,6,8,10,12-14H,4H2,1H3,(H,20,21)/p-1. The number of rotatable bonds is 4. The molecule has 0 amide bonds. The van der Waals surface area contributed by atoms with Crippen molar-refractivity contribution in [1.29, 1.82) is 0 Å². The van der Waals surface area contributed by atoms with Crippen molar-refractivity contribution in [3.05, 3.63) is 28.4 Å². The first-order chi connectivity index (χ1) is 13.8. The van der Waals surface area contributed by atoms with E-state index in [0.717, 1.165) is 13.4 Å². The smallest absolute Gasteiger partial charge is 0.339 e. The van der Waals surface area contributed by atoms with Crippen LogP contribution >= 0.6 is 67.8 Å². The highest BCUT2D eigenvalue weighted by atomic mass is 127. The highest BCUT2D eigenvalue weighted by Crippen LogP contribution is 2.58. The van der Waals surface area contributed by atoms with E-state index >= 15 is 0 Å². The molecule has 9 nitrogen and oxygen atoms in total. The van der Waals surface area contributed by atoms with Crippen LogP contribution in [0.1, 0.15) is 16.8 Å². The van der Waals surface area contributed by atoms with Gasteiger partial charge in [-0.3, -0.25) is 4.18 Å². The second-order valence-electron chi connectivity index (χ2n) is 7.39. The van der Waals surface area contributed by atoms with Crippen LogP contribution in [-0.2, 0) is 29.1 Å². The number of halogens is 3. The summed E-state index contributed by atoms with van der Waals surface area (Å²) < 4.78 is 64.4. The minimum absolute atomic E-state index is 0.281. The molecule has 1 aromatic carbocycles. The summed E-state index contributed by atoms with van der Waals surface area (Å²) in [4.78, 5) is 12.9. The largest absolute Gasteiger partial charge is 0.861 e. The summed E-state index contributed by atoms with van der Waals surface area (Å²) in [6, 6.07) is 3.56. The molecule has 6 atom stereocenters. The maximum atomic E-state index is 12.9. The number of esters is 1. The first kappa shape index (κ1) is 23.4. The van der Waals surface area contributed by atoms with E-state index in [4.69, 9.17) is 8.92 Å². The van der Waals surface area contributed by atoms with Crippen LogP contribution in [0, 0.1) is 28.5 Å². The van der Waals surface area contributed by atoms with Gasteiger partial charge in [-0.15, -0.1) is 0 Å². The predicted molar refractivity (Wildman–Crippen MR) is 129 cm³/mol. The summed E-state index contributed by atoms with van der Waals surface area (Å²) in [6.07, 6.45) is -0.816. The van der Waals surface area contributed by atoms with E-state index in [1.54, 1.807) is 6.07 Å². The van der Waals surface area contributed by atoms with Gasteiger partial charge in [-0.05, 0) is 92.2 Å². The molecule has 0 spiro atoms. The molecule has 3 aliphatic rings. The van der Waals surface area contributed by atoms with Gasteiger partial charge in [0.05, 0.1) is 17.1 Å². The number of nitrogens with zero attached hydrogens (tertiary/aromatic N) is 1. The molecule has 1 saturated heterocycles. The fourth-order valence-electron chi connectivity index (χ4n) is 4.58. The lowest BCUT2D eigenvalue weighted by Crippen LogP contribution is -2.48. The van der Waals surface area contributed by atoms with E-state index in [-0.39, 0.29) is 6.42 Å². The highest BCUT2D eigenvalue weighted by Gasteiger charge is 2.70. The number of benzene rings is 1. The van der Waals surface area contributed by atoms with Gasteiger partial charge in [-0.25, -0.2) is 13.2 Å². The summed E-state index contributed by atoms with van der Waals surface area (Å²) in [5, 5.41) is 11.4. The molecule has 4 rings (SSSR count). The number of hydrogen-bond donors (Lipinski definition) is 0. The third-order valence-corrected chi connectivity index (χ3v) is 11.5. The molecule has 0 aromatic heterocycles. The van der Waals surface area contributed by atoms with Crippen molar-refractivity contribution in [1.82, 2.24) is 0 Å². The van der Waals surface area contributed by atoms with E-state index in [1.807, 2.05) is 28.7 Å². The average molecular weight is 792 g/mol. The van der Waals surface area contributed by atoms with Crippen molar-refractivity contribution in [2.45, 2.75) is 23.9 Å². The van der Waals surface area contributed by atoms with Gasteiger partial charge in [-0.1, -0.05) is 0 Å². The van der Waals surface area contributed by atoms with Crippen molar-refractivity contribution in [3.8, 4) is 0 Å². The molecule has 2 saturated carbocycles. The third-order valence-electron chi connectivity index (χ3n) is 5.52. The summed E-state index contributed by atoms with van der Waals surface area (Å²) in [7, 11) is -8.11. The molecule has 164 valence electrons. The van der Waals surface area contributed by atoms with Crippen LogP contribution in [-0.4, -0.2) is 52.4 Å². The normalized spacial score (nSPS) is 34.3. The lowest BCUT2D eigenvalue weighted by molar-refractivity contribution is -0.226. The first-order valence-electron chi connectivity index (χ1n) is 8.54. The minimum Gasteiger partial charge on any atom is -0.861 e. The Morgan fingerprint density at radius 2 is 1.93 bits per heavy atom. The lowest BCUT2D eigenvalue weighted by atomic mass is 9.84. The molecule has 1 aliphatic heterocycles. The lowest BCUT2D eigenvalue weighted by Gasteiger charge is -2.34.